The van der Waals surface area contributed by atoms with Gasteiger partial charge in [-0.2, -0.15) is 0 Å². The highest BCUT2D eigenvalue weighted by Crippen LogP contribution is 2.42. The molecule has 0 radical (unpaired) electrons. The van der Waals surface area contributed by atoms with Crippen LogP contribution in [-0.4, -0.2) is 16.0 Å². The summed E-state index contributed by atoms with van der Waals surface area (Å²) in [7, 11) is 0. The number of benzene rings is 2. The second-order valence-electron chi connectivity index (χ2n) is 5.58. The van der Waals surface area contributed by atoms with Crippen LogP contribution in [0.2, 0.25) is 0 Å². The van der Waals surface area contributed by atoms with Crippen molar-refractivity contribution in [1.82, 2.24) is 9.97 Å². The first-order chi connectivity index (χ1) is 10.7. The molecule has 22 heavy (non-hydrogen) atoms. The smallest absolute Gasteiger partial charge is 0.260 e. The van der Waals surface area contributed by atoms with Gasteiger partial charge in [-0.15, -0.1) is 0 Å². The highest BCUT2D eigenvalue weighted by molar-refractivity contribution is 5.78. The summed E-state index contributed by atoms with van der Waals surface area (Å²) >= 11 is 0. The quantitative estimate of drug-likeness (QED) is 0.781. The number of hydrogen-bond donors (Lipinski definition) is 2. The Morgan fingerprint density at radius 1 is 1.14 bits per heavy atom. The van der Waals surface area contributed by atoms with E-state index in [2.05, 4.69) is 15.3 Å². The van der Waals surface area contributed by atoms with Crippen molar-refractivity contribution in [1.29, 1.82) is 0 Å². The van der Waals surface area contributed by atoms with Gasteiger partial charge in [-0.05, 0) is 36.2 Å². The number of anilines is 1. The number of aromatic nitrogens is 2. The molecule has 4 nitrogen and oxygen atoms in total. The molecule has 0 aliphatic heterocycles. The lowest BCUT2D eigenvalue weighted by molar-refractivity contribution is 0.627. The molecule has 0 unspecified atom stereocenters. The lowest BCUT2D eigenvalue weighted by atomic mass is 10.1. The fourth-order valence-electron chi connectivity index (χ4n) is 2.76. The minimum atomic E-state index is -0.227. The van der Waals surface area contributed by atoms with Gasteiger partial charge in [0.25, 0.3) is 5.56 Å². The summed E-state index contributed by atoms with van der Waals surface area (Å²) < 4.78 is 12.9. The molecule has 1 aliphatic rings. The summed E-state index contributed by atoms with van der Waals surface area (Å²) in [5.74, 6) is 0.588. The van der Waals surface area contributed by atoms with Gasteiger partial charge in [0.1, 0.15) is 5.82 Å². The van der Waals surface area contributed by atoms with E-state index in [1.54, 1.807) is 18.2 Å². The Labute approximate surface area is 126 Å². The predicted octanol–water partition coefficient (Wildman–Crippen LogP) is 3.03. The Bertz CT molecular complexity index is 888. The zero-order chi connectivity index (χ0) is 15.1. The van der Waals surface area contributed by atoms with Crippen molar-refractivity contribution in [2.75, 3.05) is 5.32 Å². The van der Waals surface area contributed by atoms with E-state index in [0.717, 1.165) is 12.0 Å². The van der Waals surface area contributed by atoms with Gasteiger partial charge in [0.2, 0.25) is 5.95 Å². The fraction of sp³-hybridized carbons (Fsp3) is 0.176. The molecule has 2 aromatic carbocycles. The van der Waals surface area contributed by atoms with Crippen LogP contribution in [0.3, 0.4) is 0 Å². The van der Waals surface area contributed by atoms with Crippen LogP contribution in [-0.2, 0) is 0 Å². The van der Waals surface area contributed by atoms with Crippen molar-refractivity contribution in [2.45, 2.75) is 18.4 Å². The summed E-state index contributed by atoms with van der Waals surface area (Å²) in [6, 6.07) is 14.0. The summed E-state index contributed by atoms with van der Waals surface area (Å²) in [6.07, 6.45) is 0.947. The van der Waals surface area contributed by atoms with Crippen molar-refractivity contribution in [3.05, 3.63) is 70.3 Å². The van der Waals surface area contributed by atoms with E-state index >= 15 is 0 Å². The molecule has 2 atom stereocenters. The van der Waals surface area contributed by atoms with Crippen molar-refractivity contribution < 1.29 is 4.39 Å². The molecule has 1 saturated carbocycles. The maximum Gasteiger partial charge on any atom is 0.260 e. The normalized spacial score (nSPS) is 20.0. The molecular formula is C17H14FN3O. The molecule has 110 valence electrons. The molecule has 0 spiro atoms. The van der Waals surface area contributed by atoms with Crippen LogP contribution in [0, 0.1) is 5.82 Å². The van der Waals surface area contributed by atoms with Crippen molar-refractivity contribution in [3.63, 3.8) is 0 Å². The number of halogens is 1. The van der Waals surface area contributed by atoms with Crippen LogP contribution in [0.25, 0.3) is 10.9 Å². The first kappa shape index (κ1) is 13.0. The molecule has 1 aromatic heterocycles. The van der Waals surface area contributed by atoms with Crippen LogP contribution in [0.5, 0.6) is 0 Å². The number of hydrogen-bond acceptors (Lipinski definition) is 3. The number of para-hydroxylation sites is 1. The number of H-pyrrole nitrogens is 1. The Morgan fingerprint density at radius 2 is 1.91 bits per heavy atom. The molecule has 1 heterocycles. The van der Waals surface area contributed by atoms with Gasteiger partial charge in [0, 0.05) is 12.0 Å². The molecule has 0 amide bonds. The van der Waals surface area contributed by atoms with Gasteiger partial charge in [0.05, 0.1) is 10.9 Å². The van der Waals surface area contributed by atoms with Crippen LogP contribution in [0.1, 0.15) is 17.9 Å². The van der Waals surface area contributed by atoms with Gasteiger partial charge in [-0.3, -0.25) is 9.78 Å². The molecule has 5 heteroatoms. The Balaban J connectivity index is 1.55. The van der Waals surface area contributed by atoms with E-state index in [0.29, 0.717) is 22.8 Å². The fourth-order valence-corrected chi connectivity index (χ4v) is 2.76. The Morgan fingerprint density at radius 3 is 2.73 bits per heavy atom. The van der Waals surface area contributed by atoms with Crippen LogP contribution in [0.4, 0.5) is 10.3 Å². The molecule has 4 rings (SSSR count). The molecule has 1 fully saturated rings. The van der Waals surface area contributed by atoms with E-state index in [1.807, 2.05) is 18.2 Å². The number of fused-ring (bicyclic) bond motifs is 1. The minimum absolute atomic E-state index is 0.146. The van der Waals surface area contributed by atoms with E-state index in [-0.39, 0.29) is 17.4 Å². The van der Waals surface area contributed by atoms with Crippen LogP contribution >= 0.6 is 0 Å². The molecule has 0 bridgehead atoms. The van der Waals surface area contributed by atoms with Gasteiger partial charge >= 0.3 is 0 Å². The third-order valence-corrected chi connectivity index (χ3v) is 4.02. The van der Waals surface area contributed by atoms with Gasteiger partial charge in [-0.25, -0.2) is 9.37 Å². The van der Waals surface area contributed by atoms with E-state index in [4.69, 9.17) is 0 Å². The van der Waals surface area contributed by atoms with Crippen molar-refractivity contribution in [2.24, 2.45) is 0 Å². The molecule has 3 aromatic rings. The first-order valence-electron chi connectivity index (χ1n) is 7.22. The Kier molecular flexibility index (Phi) is 2.92. The Hall–Kier alpha value is -2.69. The lowest BCUT2D eigenvalue weighted by Gasteiger charge is -2.06. The standard InChI is InChI=1S/C17H14FN3O/c18-11-7-5-10(6-8-11)13-9-15(13)20-17-19-14-4-2-1-3-12(14)16(22)21-17/h1-8,13,15H,9H2,(H2,19,20,21,22)/t13-,15+/m0/s1. The number of aromatic amines is 1. The van der Waals surface area contributed by atoms with Gasteiger partial charge in [0.15, 0.2) is 0 Å². The minimum Gasteiger partial charge on any atom is -0.352 e. The highest BCUT2D eigenvalue weighted by Gasteiger charge is 2.38. The largest absolute Gasteiger partial charge is 0.352 e. The van der Waals surface area contributed by atoms with Crippen LogP contribution in [0.15, 0.2) is 53.3 Å². The second kappa shape index (κ2) is 4.94. The topological polar surface area (TPSA) is 57.8 Å². The summed E-state index contributed by atoms with van der Waals surface area (Å²) in [5.41, 5.74) is 1.63. The summed E-state index contributed by atoms with van der Waals surface area (Å²) in [6.45, 7) is 0. The molecule has 0 saturated heterocycles. The zero-order valence-corrected chi connectivity index (χ0v) is 11.7. The van der Waals surface area contributed by atoms with Crippen molar-refractivity contribution in [3.8, 4) is 0 Å². The molecule has 2 N–H and O–H groups in total. The maximum absolute atomic E-state index is 12.9. The zero-order valence-electron chi connectivity index (χ0n) is 11.7. The second-order valence-corrected chi connectivity index (χ2v) is 5.58. The summed E-state index contributed by atoms with van der Waals surface area (Å²) in [5, 5.41) is 3.83. The monoisotopic (exact) mass is 295 g/mol. The van der Waals surface area contributed by atoms with Crippen LogP contribution < -0.4 is 10.9 Å². The van der Waals surface area contributed by atoms with E-state index in [1.165, 1.54) is 12.1 Å². The lowest BCUT2D eigenvalue weighted by Crippen LogP contribution is -2.15. The summed E-state index contributed by atoms with van der Waals surface area (Å²) in [4.78, 5) is 19.2. The average Bonchev–Trinajstić information content (AvgIpc) is 3.27. The molecule has 1 aliphatic carbocycles. The highest BCUT2D eigenvalue weighted by atomic mass is 19.1. The number of nitrogens with zero attached hydrogens (tertiary/aromatic N) is 1. The van der Waals surface area contributed by atoms with Gasteiger partial charge in [-0.1, -0.05) is 24.3 Å². The number of nitrogens with one attached hydrogen (secondary N) is 2. The number of rotatable bonds is 3. The third-order valence-electron chi connectivity index (χ3n) is 4.02. The molecular weight excluding hydrogens is 281 g/mol. The maximum atomic E-state index is 12.9. The third kappa shape index (κ3) is 2.35. The average molecular weight is 295 g/mol. The SMILES string of the molecule is O=c1[nH]c(N[C@@H]2C[C@H]2c2ccc(F)cc2)nc2ccccc12. The van der Waals surface area contributed by atoms with Gasteiger partial charge < -0.3 is 5.32 Å². The van der Waals surface area contributed by atoms with E-state index in [9.17, 15) is 9.18 Å². The first-order valence-corrected chi connectivity index (χ1v) is 7.22. The van der Waals surface area contributed by atoms with E-state index < -0.39 is 0 Å². The van der Waals surface area contributed by atoms with Crippen molar-refractivity contribution >= 4 is 16.9 Å². The predicted molar refractivity (Wildman–Crippen MR) is 83.5 cm³/mol.